The van der Waals surface area contributed by atoms with Gasteiger partial charge in [-0.25, -0.2) is 0 Å². The zero-order valence-corrected chi connectivity index (χ0v) is 44.0. The molecule has 0 aromatic rings. The molecule has 384 valence electrons. The van der Waals surface area contributed by atoms with Gasteiger partial charge in [0.05, 0.1) is 0 Å². The molecule has 0 amide bonds. The second-order valence-corrected chi connectivity index (χ2v) is 19.9. The number of esters is 3. The molecule has 65 heavy (non-hydrogen) atoms. The quantitative estimate of drug-likeness (QED) is 0.0262. The number of unbranched alkanes of at least 4 members (excludes halogenated alkanes) is 41. The molecule has 0 spiro atoms. The lowest BCUT2D eigenvalue weighted by Gasteiger charge is -2.18. The van der Waals surface area contributed by atoms with Gasteiger partial charge in [0.2, 0.25) is 0 Å². The van der Waals surface area contributed by atoms with E-state index in [1.54, 1.807) is 0 Å². The largest absolute Gasteiger partial charge is 0.462 e. The van der Waals surface area contributed by atoms with Crippen molar-refractivity contribution in [1.82, 2.24) is 0 Å². The second kappa shape index (κ2) is 54.8. The van der Waals surface area contributed by atoms with Crippen LogP contribution in [0.3, 0.4) is 0 Å². The summed E-state index contributed by atoms with van der Waals surface area (Å²) >= 11 is 0. The smallest absolute Gasteiger partial charge is 0.306 e. The summed E-state index contributed by atoms with van der Waals surface area (Å²) < 4.78 is 16.9. The molecule has 0 saturated heterocycles. The molecule has 0 aliphatic carbocycles. The zero-order valence-electron chi connectivity index (χ0n) is 44.0. The number of carbonyl (C=O) groups is 3. The van der Waals surface area contributed by atoms with Crippen molar-refractivity contribution in [1.29, 1.82) is 0 Å². The predicted molar refractivity (Wildman–Crippen MR) is 280 cm³/mol. The van der Waals surface area contributed by atoms with Gasteiger partial charge in [-0.2, -0.15) is 0 Å². The first-order chi connectivity index (χ1) is 32.0. The third-order valence-electron chi connectivity index (χ3n) is 13.3. The van der Waals surface area contributed by atoms with E-state index in [9.17, 15) is 14.4 Å². The lowest BCUT2D eigenvalue weighted by Crippen LogP contribution is -2.30. The van der Waals surface area contributed by atoms with Crippen LogP contribution in [0.4, 0.5) is 0 Å². The molecular weight excluding hydrogens is 805 g/mol. The average molecular weight is 918 g/mol. The van der Waals surface area contributed by atoms with Crippen molar-refractivity contribution in [3.8, 4) is 0 Å². The van der Waals surface area contributed by atoms with Gasteiger partial charge in [0, 0.05) is 19.3 Å². The third-order valence-corrected chi connectivity index (χ3v) is 13.3. The molecular formula is C59H112O6. The fraction of sp³-hybridized carbons (Fsp3) is 0.915. The topological polar surface area (TPSA) is 78.9 Å². The maximum Gasteiger partial charge on any atom is 0.306 e. The molecule has 0 radical (unpaired) electrons. The maximum absolute atomic E-state index is 12.8. The van der Waals surface area contributed by atoms with Crippen LogP contribution < -0.4 is 0 Å². The van der Waals surface area contributed by atoms with Crippen molar-refractivity contribution in [2.75, 3.05) is 13.2 Å². The van der Waals surface area contributed by atoms with Crippen LogP contribution in [-0.4, -0.2) is 37.2 Å². The molecule has 0 aromatic heterocycles. The summed E-state index contributed by atoms with van der Waals surface area (Å²) in [5, 5.41) is 0. The minimum absolute atomic E-state index is 0.0647. The summed E-state index contributed by atoms with van der Waals surface area (Å²) in [6.07, 6.45) is 62.0. The molecule has 0 rings (SSSR count). The average Bonchev–Trinajstić information content (AvgIpc) is 3.30. The Labute approximate surface area is 405 Å². The molecule has 1 atom stereocenters. The number of carbonyl (C=O) groups excluding carboxylic acids is 3. The van der Waals surface area contributed by atoms with Gasteiger partial charge in [-0.1, -0.05) is 277 Å². The molecule has 0 fully saturated rings. The van der Waals surface area contributed by atoms with Crippen molar-refractivity contribution >= 4 is 17.9 Å². The van der Waals surface area contributed by atoms with Crippen molar-refractivity contribution in [2.24, 2.45) is 0 Å². The fourth-order valence-corrected chi connectivity index (χ4v) is 8.85. The monoisotopic (exact) mass is 917 g/mol. The fourth-order valence-electron chi connectivity index (χ4n) is 8.85. The zero-order chi connectivity index (χ0) is 47.2. The molecule has 6 nitrogen and oxygen atoms in total. The van der Waals surface area contributed by atoms with E-state index >= 15 is 0 Å². The lowest BCUT2D eigenvalue weighted by molar-refractivity contribution is -0.167. The molecule has 6 heteroatoms. The Morgan fingerprint density at radius 2 is 0.508 bits per heavy atom. The van der Waals surface area contributed by atoms with Crippen LogP contribution in [0.25, 0.3) is 0 Å². The van der Waals surface area contributed by atoms with Crippen LogP contribution >= 0.6 is 0 Å². The highest BCUT2D eigenvalue weighted by atomic mass is 16.6. The van der Waals surface area contributed by atoms with Crippen molar-refractivity contribution < 1.29 is 28.6 Å². The minimum Gasteiger partial charge on any atom is -0.462 e. The first-order valence-electron chi connectivity index (χ1n) is 29.2. The Balaban J connectivity index is 4.24. The Morgan fingerprint density at radius 3 is 0.769 bits per heavy atom. The van der Waals surface area contributed by atoms with Crippen LogP contribution in [0.15, 0.2) is 12.2 Å². The predicted octanol–water partition coefficient (Wildman–Crippen LogP) is 19.3. The Bertz CT molecular complexity index is 1010. The van der Waals surface area contributed by atoms with Crippen molar-refractivity contribution in [2.45, 2.75) is 335 Å². The van der Waals surface area contributed by atoms with E-state index in [0.717, 1.165) is 57.8 Å². The Hall–Kier alpha value is -1.85. The standard InChI is InChI=1S/C59H112O6/c1-4-7-10-13-16-19-22-24-26-27-28-29-30-31-33-34-37-40-43-46-49-52-58(61)64-55-56(54-63-57(60)51-48-45-42-39-36-21-18-15-12-9-6-3)65-59(62)53-50-47-44-41-38-35-32-25-23-20-17-14-11-8-5-2/h27-28,56H,4-26,29-55H2,1-3H3/b28-27-. The van der Waals surface area contributed by atoms with Gasteiger partial charge < -0.3 is 14.2 Å². The summed E-state index contributed by atoms with van der Waals surface area (Å²) in [5.41, 5.74) is 0. The number of hydrogen-bond donors (Lipinski definition) is 0. The number of ether oxygens (including phenoxy) is 3. The molecule has 0 bridgehead atoms. The van der Waals surface area contributed by atoms with Crippen LogP contribution in [0.2, 0.25) is 0 Å². The molecule has 0 saturated carbocycles. The minimum atomic E-state index is -0.764. The van der Waals surface area contributed by atoms with E-state index in [1.165, 1.54) is 231 Å². The van der Waals surface area contributed by atoms with Crippen molar-refractivity contribution in [3.05, 3.63) is 12.2 Å². The summed E-state index contributed by atoms with van der Waals surface area (Å²) in [6, 6.07) is 0. The van der Waals surface area contributed by atoms with Crippen LogP contribution in [-0.2, 0) is 28.6 Å². The second-order valence-electron chi connectivity index (χ2n) is 19.9. The molecule has 0 N–H and O–H groups in total. The number of rotatable bonds is 54. The number of hydrogen-bond acceptors (Lipinski definition) is 6. The summed E-state index contributed by atoms with van der Waals surface area (Å²) in [6.45, 7) is 6.68. The van der Waals surface area contributed by atoms with Gasteiger partial charge in [0.1, 0.15) is 13.2 Å². The van der Waals surface area contributed by atoms with Gasteiger partial charge in [0.25, 0.3) is 0 Å². The van der Waals surface area contributed by atoms with Crippen LogP contribution in [0, 0.1) is 0 Å². The molecule has 0 aromatic carbocycles. The SMILES string of the molecule is CCCCCCCCCC/C=C\CCCCCCCCCCCC(=O)OCC(COC(=O)CCCCCCCCCCCCC)OC(=O)CCCCCCCCCCCCCCCCC. The first kappa shape index (κ1) is 63.1. The maximum atomic E-state index is 12.8. The lowest BCUT2D eigenvalue weighted by atomic mass is 10.0. The molecule has 0 aliphatic heterocycles. The molecule has 0 aliphatic rings. The van der Waals surface area contributed by atoms with Gasteiger partial charge >= 0.3 is 17.9 Å². The van der Waals surface area contributed by atoms with Crippen LogP contribution in [0.5, 0.6) is 0 Å². The van der Waals surface area contributed by atoms with Crippen LogP contribution in [0.1, 0.15) is 329 Å². The van der Waals surface area contributed by atoms with E-state index in [1.807, 2.05) is 0 Å². The van der Waals surface area contributed by atoms with E-state index in [0.29, 0.717) is 19.3 Å². The summed E-state index contributed by atoms with van der Waals surface area (Å²) in [7, 11) is 0. The van der Waals surface area contributed by atoms with Gasteiger partial charge in [-0.15, -0.1) is 0 Å². The highest BCUT2D eigenvalue weighted by Crippen LogP contribution is 2.17. The highest BCUT2D eigenvalue weighted by molar-refractivity contribution is 5.71. The normalized spacial score (nSPS) is 12.0. The third kappa shape index (κ3) is 53.0. The first-order valence-corrected chi connectivity index (χ1v) is 29.2. The summed E-state index contributed by atoms with van der Waals surface area (Å²) in [5.74, 6) is -0.844. The van der Waals surface area contributed by atoms with Gasteiger partial charge in [-0.05, 0) is 44.9 Å². The van der Waals surface area contributed by atoms with E-state index in [4.69, 9.17) is 14.2 Å². The van der Waals surface area contributed by atoms with E-state index in [-0.39, 0.29) is 31.1 Å². The highest BCUT2D eigenvalue weighted by Gasteiger charge is 2.19. The van der Waals surface area contributed by atoms with Crippen molar-refractivity contribution in [3.63, 3.8) is 0 Å². The Morgan fingerprint density at radius 1 is 0.292 bits per heavy atom. The Kier molecular flexibility index (Phi) is 53.2. The van der Waals surface area contributed by atoms with Gasteiger partial charge in [-0.3, -0.25) is 14.4 Å². The molecule has 0 heterocycles. The van der Waals surface area contributed by atoms with E-state index < -0.39 is 6.10 Å². The van der Waals surface area contributed by atoms with E-state index in [2.05, 4.69) is 32.9 Å². The van der Waals surface area contributed by atoms with Gasteiger partial charge in [0.15, 0.2) is 6.10 Å². The summed E-state index contributed by atoms with van der Waals surface area (Å²) in [4.78, 5) is 38.1. The molecule has 1 unspecified atom stereocenters. The number of allylic oxidation sites excluding steroid dienone is 2.